The van der Waals surface area contributed by atoms with Gasteiger partial charge in [-0.1, -0.05) is 18.2 Å². The molecule has 0 fully saturated rings. The molecule has 0 bridgehead atoms. The van der Waals surface area contributed by atoms with Crippen LogP contribution in [-0.2, 0) is 0 Å². The summed E-state index contributed by atoms with van der Waals surface area (Å²) in [7, 11) is 0. The highest BCUT2D eigenvalue weighted by atomic mass is 32.1. The Bertz CT molecular complexity index is 1770. The Labute approximate surface area is 208 Å². The van der Waals surface area contributed by atoms with Crippen LogP contribution in [0.3, 0.4) is 0 Å². The average Bonchev–Trinajstić information content (AvgIpc) is 3.62. The molecule has 4 heterocycles. The van der Waals surface area contributed by atoms with Gasteiger partial charge < -0.3 is 4.74 Å². The van der Waals surface area contributed by atoms with Crippen LogP contribution in [0.5, 0.6) is 5.75 Å². The number of aryl methyl sites for hydroxylation is 1. The highest BCUT2D eigenvalue weighted by molar-refractivity contribution is 7.20. The van der Waals surface area contributed by atoms with Gasteiger partial charge in [-0.3, -0.25) is 4.79 Å². The number of hydrazone groups is 1. The van der Waals surface area contributed by atoms with E-state index in [4.69, 9.17) is 4.74 Å². The van der Waals surface area contributed by atoms with Crippen molar-refractivity contribution < 1.29 is 9.53 Å². The van der Waals surface area contributed by atoms with Crippen molar-refractivity contribution >= 4 is 50.2 Å². The Morgan fingerprint density at radius 2 is 2.03 bits per heavy atom. The summed E-state index contributed by atoms with van der Waals surface area (Å²) in [5.74, 6) is 0.448. The Balaban J connectivity index is 1.29. The third-order valence-corrected chi connectivity index (χ3v) is 6.83. The number of fused-ring (bicyclic) bond motifs is 4. The molecule has 0 saturated heterocycles. The maximum Gasteiger partial charge on any atom is 0.281 e. The van der Waals surface area contributed by atoms with Gasteiger partial charge in [0.05, 0.1) is 34.6 Å². The number of nitrogens with zero attached hydrogens (tertiary/aromatic N) is 7. The number of hydrogen-bond acceptors (Lipinski definition) is 8. The van der Waals surface area contributed by atoms with Gasteiger partial charge in [0.2, 0.25) is 0 Å². The minimum atomic E-state index is -0.304. The van der Waals surface area contributed by atoms with Crippen molar-refractivity contribution in [3.63, 3.8) is 0 Å². The van der Waals surface area contributed by atoms with Gasteiger partial charge >= 0.3 is 0 Å². The van der Waals surface area contributed by atoms with Crippen LogP contribution in [0.2, 0.25) is 0 Å². The van der Waals surface area contributed by atoms with E-state index in [-0.39, 0.29) is 5.91 Å². The number of para-hydroxylation sites is 1. The standard InChI is InChI=1S/C25H20N8O2S/c1-3-35-19-9-10-21-16(12-19)11-17(23-27-30-31-33(21)23)14-26-28-24(34)22-13-20-15(2)29-32(25(20)36-22)18-7-5-4-6-8-18/h4-14H,3H2,1-2H3,(H,28,34)/b26-14+. The normalized spacial score (nSPS) is 11.7. The van der Waals surface area contributed by atoms with Crippen LogP contribution in [0.25, 0.3) is 32.5 Å². The Kier molecular flexibility index (Phi) is 5.38. The first-order chi connectivity index (χ1) is 17.6. The summed E-state index contributed by atoms with van der Waals surface area (Å²) < 4.78 is 9.11. The topological polar surface area (TPSA) is 112 Å². The van der Waals surface area contributed by atoms with Gasteiger partial charge in [-0.05, 0) is 66.7 Å². The molecule has 178 valence electrons. The lowest BCUT2D eigenvalue weighted by molar-refractivity contribution is 0.0959. The number of amides is 1. The fraction of sp³-hybridized carbons (Fsp3) is 0.120. The van der Waals surface area contributed by atoms with Crippen molar-refractivity contribution in [2.45, 2.75) is 13.8 Å². The van der Waals surface area contributed by atoms with Crippen molar-refractivity contribution in [3.8, 4) is 11.4 Å². The maximum absolute atomic E-state index is 12.9. The second kappa shape index (κ2) is 8.86. The van der Waals surface area contributed by atoms with Gasteiger partial charge in [0.15, 0.2) is 5.65 Å². The third-order valence-electron chi connectivity index (χ3n) is 5.72. The molecular formula is C25H20N8O2S. The number of hydrogen-bond donors (Lipinski definition) is 1. The van der Waals surface area contributed by atoms with Gasteiger partial charge in [0.25, 0.3) is 5.91 Å². The Morgan fingerprint density at radius 1 is 1.17 bits per heavy atom. The van der Waals surface area contributed by atoms with E-state index >= 15 is 0 Å². The first-order valence-corrected chi connectivity index (χ1v) is 12.1. The molecule has 4 aromatic heterocycles. The fourth-order valence-electron chi connectivity index (χ4n) is 4.07. The van der Waals surface area contributed by atoms with E-state index in [1.807, 2.05) is 79.2 Å². The average molecular weight is 497 g/mol. The van der Waals surface area contributed by atoms with Crippen LogP contribution in [0, 0.1) is 6.92 Å². The van der Waals surface area contributed by atoms with Crippen LogP contribution in [0.1, 0.15) is 27.9 Å². The number of ether oxygens (including phenoxy) is 1. The van der Waals surface area contributed by atoms with Crippen LogP contribution < -0.4 is 10.2 Å². The number of thiophene rings is 1. The number of pyridine rings is 1. The monoisotopic (exact) mass is 496 g/mol. The van der Waals surface area contributed by atoms with E-state index in [1.54, 1.807) is 10.7 Å². The van der Waals surface area contributed by atoms with Gasteiger partial charge in [-0.25, -0.2) is 10.1 Å². The summed E-state index contributed by atoms with van der Waals surface area (Å²) in [6, 6.07) is 19.3. The number of aromatic nitrogens is 6. The summed E-state index contributed by atoms with van der Waals surface area (Å²) in [5, 5.41) is 22.6. The van der Waals surface area contributed by atoms with E-state index in [1.165, 1.54) is 11.3 Å². The molecule has 10 nitrogen and oxygen atoms in total. The van der Waals surface area contributed by atoms with Crippen molar-refractivity contribution in [2.75, 3.05) is 6.61 Å². The molecule has 0 atom stereocenters. The predicted molar refractivity (Wildman–Crippen MR) is 138 cm³/mol. The predicted octanol–water partition coefficient (Wildman–Crippen LogP) is 4.15. The lowest BCUT2D eigenvalue weighted by Crippen LogP contribution is -2.16. The second-order valence-electron chi connectivity index (χ2n) is 8.03. The van der Waals surface area contributed by atoms with Gasteiger partial charge in [0.1, 0.15) is 10.6 Å². The molecular weight excluding hydrogens is 476 g/mol. The van der Waals surface area contributed by atoms with E-state index in [0.29, 0.717) is 22.7 Å². The maximum atomic E-state index is 12.9. The zero-order chi connectivity index (χ0) is 24.6. The molecule has 0 aliphatic rings. The minimum Gasteiger partial charge on any atom is -0.494 e. The highest BCUT2D eigenvalue weighted by Crippen LogP contribution is 2.30. The number of carbonyl (C=O) groups is 1. The molecule has 0 radical (unpaired) electrons. The van der Waals surface area contributed by atoms with Gasteiger partial charge in [-0.15, -0.1) is 16.4 Å². The first kappa shape index (κ1) is 21.9. The Hall–Kier alpha value is -4.64. The summed E-state index contributed by atoms with van der Waals surface area (Å²) in [4.78, 5) is 14.3. The molecule has 0 unspecified atom stereocenters. The first-order valence-electron chi connectivity index (χ1n) is 11.3. The summed E-state index contributed by atoms with van der Waals surface area (Å²) in [5.41, 5.74) is 6.46. The molecule has 36 heavy (non-hydrogen) atoms. The fourth-order valence-corrected chi connectivity index (χ4v) is 5.15. The SMILES string of the molecule is CCOc1ccc2c(c1)cc(/C=N/NC(=O)c1cc3c(C)nn(-c4ccccc4)c3s1)c1nnnn12. The molecule has 6 rings (SSSR count). The van der Waals surface area contributed by atoms with Gasteiger partial charge in [-0.2, -0.15) is 14.7 Å². The van der Waals surface area contributed by atoms with Crippen LogP contribution in [-0.4, -0.2) is 48.5 Å². The molecule has 0 aliphatic carbocycles. The zero-order valence-electron chi connectivity index (χ0n) is 19.4. The van der Waals surface area contributed by atoms with Crippen molar-refractivity contribution in [3.05, 3.63) is 76.8 Å². The smallest absolute Gasteiger partial charge is 0.281 e. The molecule has 6 aromatic rings. The molecule has 2 aromatic carbocycles. The van der Waals surface area contributed by atoms with Crippen molar-refractivity contribution in [1.82, 2.24) is 35.2 Å². The Morgan fingerprint density at radius 3 is 2.86 bits per heavy atom. The second-order valence-corrected chi connectivity index (χ2v) is 9.06. The largest absolute Gasteiger partial charge is 0.494 e. The quantitative estimate of drug-likeness (QED) is 0.274. The van der Waals surface area contributed by atoms with Crippen molar-refractivity contribution in [2.24, 2.45) is 5.10 Å². The van der Waals surface area contributed by atoms with E-state index < -0.39 is 0 Å². The van der Waals surface area contributed by atoms with Gasteiger partial charge in [0, 0.05) is 16.3 Å². The van der Waals surface area contributed by atoms with Crippen LogP contribution in [0.15, 0.2) is 65.8 Å². The number of rotatable bonds is 6. The lowest BCUT2D eigenvalue weighted by atomic mass is 10.1. The van der Waals surface area contributed by atoms with Crippen LogP contribution in [0.4, 0.5) is 0 Å². The molecule has 11 heteroatoms. The van der Waals surface area contributed by atoms with E-state index in [0.717, 1.165) is 38.3 Å². The minimum absolute atomic E-state index is 0.304. The van der Waals surface area contributed by atoms with E-state index in [9.17, 15) is 4.79 Å². The number of benzene rings is 2. The summed E-state index contributed by atoms with van der Waals surface area (Å²) >= 11 is 1.37. The zero-order valence-corrected chi connectivity index (χ0v) is 20.2. The molecule has 1 amide bonds. The number of tetrazole rings is 1. The summed E-state index contributed by atoms with van der Waals surface area (Å²) in [6.07, 6.45) is 1.54. The molecule has 0 aliphatic heterocycles. The number of carbonyl (C=O) groups excluding carboxylic acids is 1. The number of nitrogens with one attached hydrogen (secondary N) is 1. The summed E-state index contributed by atoms with van der Waals surface area (Å²) in [6.45, 7) is 4.44. The third kappa shape index (κ3) is 3.75. The van der Waals surface area contributed by atoms with Crippen LogP contribution >= 0.6 is 11.3 Å². The molecule has 1 N–H and O–H groups in total. The lowest BCUT2D eigenvalue weighted by Gasteiger charge is -2.06. The molecule has 0 spiro atoms. The van der Waals surface area contributed by atoms with E-state index in [2.05, 4.69) is 31.2 Å². The molecule has 0 saturated carbocycles. The van der Waals surface area contributed by atoms with Crippen molar-refractivity contribution in [1.29, 1.82) is 0 Å². The highest BCUT2D eigenvalue weighted by Gasteiger charge is 2.17.